The quantitative estimate of drug-likeness (QED) is 0.726. The SMILES string of the molecule is Cc1cc(Nc2nc(Br)cn3c(Br)cnc23)sn1. The minimum atomic E-state index is 0.693. The second kappa shape index (κ2) is 4.60. The molecule has 0 saturated carbocycles. The third kappa shape index (κ3) is 2.15. The van der Waals surface area contributed by atoms with Crippen molar-refractivity contribution >= 4 is 59.9 Å². The fourth-order valence-electron chi connectivity index (χ4n) is 1.55. The zero-order chi connectivity index (χ0) is 12.7. The molecule has 8 heteroatoms. The van der Waals surface area contributed by atoms with E-state index in [2.05, 4.69) is 51.5 Å². The molecule has 5 nitrogen and oxygen atoms in total. The first-order valence-corrected chi connectivity index (χ1v) is 7.39. The molecule has 0 aliphatic carbocycles. The lowest BCUT2D eigenvalue weighted by Crippen LogP contribution is -1.98. The summed E-state index contributed by atoms with van der Waals surface area (Å²) in [5.41, 5.74) is 1.74. The lowest BCUT2D eigenvalue weighted by Gasteiger charge is -2.05. The Balaban J connectivity index is 2.10. The van der Waals surface area contributed by atoms with Crippen molar-refractivity contribution in [3.63, 3.8) is 0 Å². The van der Waals surface area contributed by atoms with Crippen LogP contribution in [-0.2, 0) is 0 Å². The molecule has 92 valence electrons. The van der Waals surface area contributed by atoms with Crippen molar-refractivity contribution in [2.75, 3.05) is 5.32 Å². The van der Waals surface area contributed by atoms with Crippen LogP contribution in [-0.4, -0.2) is 18.7 Å². The fraction of sp³-hybridized carbons (Fsp3) is 0.100. The summed E-state index contributed by atoms with van der Waals surface area (Å²) in [5, 5.41) is 4.18. The number of anilines is 2. The Labute approximate surface area is 124 Å². The molecule has 3 rings (SSSR count). The lowest BCUT2D eigenvalue weighted by atomic mass is 10.5. The Morgan fingerprint density at radius 2 is 2.22 bits per heavy atom. The summed E-state index contributed by atoms with van der Waals surface area (Å²) in [7, 11) is 0. The highest BCUT2D eigenvalue weighted by molar-refractivity contribution is 9.10. The van der Waals surface area contributed by atoms with Crippen LogP contribution in [0.4, 0.5) is 10.8 Å². The van der Waals surface area contributed by atoms with E-state index in [-0.39, 0.29) is 0 Å². The average Bonchev–Trinajstić information content (AvgIpc) is 2.87. The molecule has 1 N–H and O–H groups in total. The van der Waals surface area contributed by atoms with Crippen LogP contribution in [0.3, 0.4) is 0 Å². The number of aryl methyl sites for hydroxylation is 1. The maximum atomic E-state index is 4.40. The largest absolute Gasteiger partial charge is 0.328 e. The van der Waals surface area contributed by atoms with Gasteiger partial charge in [-0.15, -0.1) is 0 Å². The molecule has 0 saturated heterocycles. The number of fused-ring (bicyclic) bond motifs is 1. The molecule has 0 radical (unpaired) electrons. The highest BCUT2D eigenvalue weighted by Gasteiger charge is 2.10. The number of nitrogens with one attached hydrogen (secondary N) is 1. The summed E-state index contributed by atoms with van der Waals surface area (Å²) < 4.78 is 7.75. The minimum Gasteiger partial charge on any atom is -0.328 e. The van der Waals surface area contributed by atoms with E-state index in [0.717, 1.165) is 25.5 Å². The van der Waals surface area contributed by atoms with E-state index >= 15 is 0 Å². The van der Waals surface area contributed by atoms with Gasteiger partial charge < -0.3 is 5.32 Å². The first-order chi connectivity index (χ1) is 8.63. The van der Waals surface area contributed by atoms with Gasteiger partial charge in [-0.3, -0.25) is 4.40 Å². The third-order valence-electron chi connectivity index (χ3n) is 2.29. The number of nitrogens with zero attached hydrogens (tertiary/aromatic N) is 4. The van der Waals surface area contributed by atoms with Crippen LogP contribution in [0.25, 0.3) is 5.65 Å². The fourth-order valence-corrected chi connectivity index (χ4v) is 2.97. The molecule has 0 aliphatic heterocycles. The summed E-state index contributed by atoms with van der Waals surface area (Å²) in [6, 6.07) is 1.97. The summed E-state index contributed by atoms with van der Waals surface area (Å²) in [4.78, 5) is 8.72. The Kier molecular flexibility index (Phi) is 3.08. The molecule has 3 aromatic rings. The van der Waals surface area contributed by atoms with Gasteiger partial charge in [0.05, 0.1) is 11.9 Å². The molecular formula is C10H7Br2N5S. The molecule has 3 heterocycles. The molecule has 0 unspecified atom stereocenters. The Bertz CT molecular complexity index is 720. The Hall–Kier alpha value is -0.990. The molecule has 3 aromatic heterocycles. The predicted molar refractivity (Wildman–Crippen MR) is 78.5 cm³/mol. The van der Waals surface area contributed by atoms with Crippen molar-refractivity contribution < 1.29 is 0 Å². The van der Waals surface area contributed by atoms with Gasteiger partial charge in [0.1, 0.15) is 14.2 Å². The molecule has 0 aliphatic rings. The number of rotatable bonds is 2. The maximum absolute atomic E-state index is 4.40. The highest BCUT2D eigenvalue weighted by atomic mass is 79.9. The first-order valence-electron chi connectivity index (χ1n) is 5.03. The monoisotopic (exact) mass is 387 g/mol. The van der Waals surface area contributed by atoms with Crippen LogP contribution >= 0.6 is 43.4 Å². The van der Waals surface area contributed by atoms with Crippen LogP contribution in [0.15, 0.2) is 27.7 Å². The summed E-state index contributed by atoms with van der Waals surface area (Å²) in [6.45, 7) is 1.96. The van der Waals surface area contributed by atoms with Crippen LogP contribution in [0, 0.1) is 6.92 Å². The number of hydrogen-bond donors (Lipinski definition) is 1. The van der Waals surface area contributed by atoms with Gasteiger partial charge in [-0.2, -0.15) is 4.37 Å². The van der Waals surface area contributed by atoms with Gasteiger partial charge in [0.15, 0.2) is 11.5 Å². The van der Waals surface area contributed by atoms with E-state index in [1.807, 2.05) is 23.6 Å². The molecule has 0 aromatic carbocycles. The Morgan fingerprint density at radius 1 is 1.39 bits per heavy atom. The second-order valence-corrected chi connectivity index (χ2v) is 6.07. The smallest absolute Gasteiger partial charge is 0.181 e. The van der Waals surface area contributed by atoms with Crippen molar-refractivity contribution in [3.05, 3.63) is 33.4 Å². The Morgan fingerprint density at radius 3 is 2.94 bits per heavy atom. The van der Waals surface area contributed by atoms with Gasteiger partial charge in [0.25, 0.3) is 0 Å². The van der Waals surface area contributed by atoms with E-state index < -0.39 is 0 Å². The molecule has 0 amide bonds. The van der Waals surface area contributed by atoms with Gasteiger partial charge >= 0.3 is 0 Å². The average molecular weight is 389 g/mol. The normalized spacial score (nSPS) is 11.1. The number of aromatic nitrogens is 4. The standard InChI is InChI=1S/C10H7Br2N5S/c1-5-2-8(18-16-5)15-9-10-13-3-7(12)17(10)4-6(11)14-9/h2-4H,1H3,(H,14,15). The molecule has 0 spiro atoms. The predicted octanol–water partition coefficient (Wildman–Crippen LogP) is 3.76. The van der Waals surface area contributed by atoms with Crippen LogP contribution in [0.5, 0.6) is 0 Å². The van der Waals surface area contributed by atoms with Crippen molar-refractivity contribution in [1.82, 2.24) is 18.7 Å². The van der Waals surface area contributed by atoms with Gasteiger partial charge in [-0.1, -0.05) is 0 Å². The van der Waals surface area contributed by atoms with Crippen LogP contribution in [0.1, 0.15) is 5.69 Å². The highest BCUT2D eigenvalue weighted by Crippen LogP contribution is 2.26. The van der Waals surface area contributed by atoms with E-state index in [9.17, 15) is 0 Å². The van der Waals surface area contributed by atoms with Gasteiger partial charge in [-0.05, 0) is 56.4 Å². The minimum absolute atomic E-state index is 0.693. The van der Waals surface area contributed by atoms with Gasteiger partial charge in [0.2, 0.25) is 0 Å². The lowest BCUT2D eigenvalue weighted by molar-refractivity contribution is 1.08. The first kappa shape index (κ1) is 12.1. The zero-order valence-electron chi connectivity index (χ0n) is 9.19. The molecular weight excluding hydrogens is 382 g/mol. The third-order valence-corrected chi connectivity index (χ3v) is 4.05. The maximum Gasteiger partial charge on any atom is 0.181 e. The summed E-state index contributed by atoms with van der Waals surface area (Å²) in [5.74, 6) is 0.693. The van der Waals surface area contributed by atoms with E-state index in [0.29, 0.717) is 5.82 Å². The molecule has 0 fully saturated rings. The second-order valence-electron chi connectivity index (χ2n) is 3.64. The van der Waals surface area contributed by atoms with Crippen LogP contribution in [0.2, 0.25) is 0 Å². The summed E-state index contributed by atoms with van der Waals surface area (Å²) >= 11 is 8.23. The molecule has 0 atom stereocenters. The van der Waals surface area contributed by atoms with Crippen LogP contribution < -0.4 is 5.32 Å². The van der Waals surface area contributed by atoms with Crippen molar-refractivity contribution in [3.8, 4) is 0 Å². The van der Waals surface area contributed by atoms with Crippen molar-refractivity contribution in [2.24, 2.45) is 0 Å². The number of hydrogen-bond acceptors (Lipinski definition) is 5. The zero-order valence-corrected chi connectivity index (χ0v) is 13.2. The number of imidazole rings is 1. The molecule has 0 bridgehead atoms. The van der Waals surface area contributed by atoms with E-state index in [1.54, 1.807) is 6.20 Å². The summed E-state index contributed by atoms with van der Waals surface area (Å²) in [6.07, 6.45) is 3.60. The number of halogens is 2. The van der Waals surface area contributed by atoms with Gasteiger partial charge in [0, 0.05) is 6.20 Å². The molecule has 18 heavy (non-hydrogen) atoms. The van der Waals surface area contributed by atoms with Gasteiger partial charge in [-0.25, -0.2) is 9.97 Å². The van der Waals surface area contributed by atoms with Crippen molar-refractivity contribution in [1.29, 1.82) is 0 Å². The van der Waals surface area contributed by atoms with Crippen molar-refractivity contribution in [2.45, 2.75) is 6.92 Å². The van der Waals surface area contributed by atoms with E-state index in [1.165, 1.54) is 11.5 Å². The van der Waals surface area contributed by atoms with E-state index in [4.69, 9.17) is 0 Å². The topological polar surface area (TPSA) is 55.1 Å².